The summed E-state index contributed by atoms with van der Waals surface area (Å²) < 4.78 is 17.7. The minimum atomic E-state index is -0.427. The quantitative estimate of drug-likeness (QED) is 0.763. The van der Waals surface area contributed by atoms with Crippen LogP contribution < -0.4 is 5.46 Å². The number of rotatable bonds is 4. The highest BCUT2D eigenvalue weighted by Gasteiger charge is 2.54. The van der Waals surface area contributed by atoms with Crippen LogP contribution in [-0.4, -0.2) is 31.5 Å². The third-order valence-corrected chi connectivity index (χ3v) is 3.70. The minimum Gasteiger partial charge on any atom is -0.399 e. The van der Waals surface area contributed by atoms with Crippen molar-refractivity contribution in [2.45, 2.75) is 38.9 Å². The Morgan fingerprint density at radius 2 is 1.78 bits per heavy atom. The topological polar surface area (TPSA) is 27.7 Å². The molecule has 1 unspecified atom stereocenters. The van der Waals surface area contributed by atoms with Crippen molar-refractivity contribution in [3.8, 4) is 0 Å². The molecule has 1 atom stereocenters. The second-order valence-electron chi connectivity index (χ2n) is 5.36. The lowest BCUT2D eigenvalue weighted by Gasteiger charge is -2.35. The van der Waals surface area contributed by atoms with Gasteiger partial charge in [0.05, 0.1) is 12.2 Å². The lowest BCUT2D eigenvalue weighted by molar-refractivity contribution is -0.0684. The highest BCUT2D eigenvalue weighted by atomic mass is 16.7. The predicted molar refractivity (Wildman–Crippen MR) is 73.0 cm³/mol. The maximum atomic E-state index is 6.11. The van der Waals surface area contributed by atoms with Crippen LogP contribution in [0.15, 0.2) is 30.3 Å². The fourth-order valence-corrected chi connectivity index (χ4v) is 2.05. The summed E-state index contributed by atoms with van der Waals surface area (Å²) in [6, 6.07) is 10.0. The van der Waals surface area contributed by atoms with E-state index < -0.39 is 5.60 Å². The van der Waals surface area contributed by atoms with Crippen molar-refractivity contribution in [3.05, 3.63) is 30.3 Å². The van der Waals surface area contributed by atoms with E-state index in [1.807, 2.05) is 44.2 Å². The summed E-state index contributed by atoms with van der Waals surface area (Å²) in [6.07, 6.45) is 0. The first kappa shape index (κ1) is 13.6. The van der Waals surface area contributed by atoms with Gasteiger partial charge in [0, 0.05) is 6.61 Å². The van der Waals surface area contributed by atoms with Crippen LogP contribution in [0, 0.1) is 0 Å². The van der Waals surface area contributed by atoms with Crippen LogP contribution in [0.5, 0.6) is 0 Å². The van der Waals surface area contributed by atoms with Crippen molar-refractivity contribution in [1.29, 1.82) is 0 Å². The molecule has 1 aromatic carbocycles. The van der Waals surface area contributed by atoms with Crippen molar-refractivity contribution in [2.24, 2.45) is 0 Å². The molecular formula is C14H21BO3. The molecule has 0 amide bonds. The summed E-state index contributed by atoms with van der Waals surface area (Å²) >= 11 is 0. The van der Waals surface area contributed by atoms with Gasteiger partial charge < -0.3 is 14.0 Å². The maximum absolute atomic E-state index is 6.11. The van der Waals surface area contributed by atoms with Gasteiger partial charge in [0.15, 0.2) is 0 Å². The van der Waals surface area contributed by atoms with E-state index >= 15 is 0 Å². The van der Waals surface area contributed by atoms with E-state index in [-0.39, 0.29) is 12.7 Å². The van der Waals surface area contributed by atoms with Crippen LogP contribution in [0.3, 0.4) is 0 Å². The summed E-state index contributed by atoms with van der Waals surface area (Å²) in [4.78, 5) is 0. The van der Waals surface area contributed by atoms with E-state index in [1.54, 1.807) is 0 Å². The van der Waals surface area contributed by atoms with Crippen LogP contribution in [0.1, 0.15) is 27.7 Å². The van der Waals surface area contributed by atoms with Gasteiger partial charge in [-0.25, -0.2) is 0 Å². The molecule has 4 heteroatoms. The average molecular weight is 248 g/mol. The van der Waals surface area contributed by atoms with Gasteiger partial charge in [-0.05, 0) is 33.2 Å². The lowest BCUT2D eigenvalue weighted by atomic mass is 9.79. The van der Waals surface area contributed by atoms with E-state index in [9.17, 15) is 0 Å². The molecule has 1 aliphatic rings. The van der Waals surface area contributed by atoms with Crippen molar-refractivity contribution in [2.75, 3.05) is 13.2 Å². The summed E-state index contributed by atoms with van der Waals surface area (Å²) in [6.45, 7) is 9.36. The van der Waals surface area contributed by atoms with Gasteiger partial charge in [-0.1, -0.05) is 30.3 Å². The molecule has 1 aliphatic heterocycles. The zero-order valence-corrected chi connectivity index (χ0v) is 11.6. The molecule has 18 heavy (non-hydrogen) atoms. The Labute approximate surface area is 110 Å². The first-order chi connectivity index (χ1) is 8.48. The third kappa shape index (κ3) is 2.46. The van der Waals surface area contributed by atoms with Gasteiger partial charge in [0.2, 0.25) is 0 Å². The maximum Gasteiger partial charge on any atom is 0.494 e. The highest BCUT2D eigenvalue weighted by molar-refractivity contribution is 6.62. The van der Waals surface area contributed by atoms with Gasteiger partial charge in [0.1, 0.15) is 5.60 Å². The Kier molecular flexibility index (Phi) is 3.80. The van der Waals surface area contributed by atoms with E-state index in [2.05, 4.69) is 13.8 Å². The van der Waals surface area contributed by atoms with Crippen LogP contribution >= 0.6 is 0 Å². The monoisotopic (exact) mass is 248 g/mol. The SMILES string of the molecule is CCOCC1(C)OB(c2ccccc2)OC1(C)C. The standard InChI is InChI=1S/C14H21BO3/c1-5-16-11-14(4)13(2,3)17-15(18-14)12-9-7-6-8-10-12/h6-10H,5,11H2,1-4H3. The molecule has 0 bridgehead atoms. The van der Waals surface area contributed by atoms with Crippen molar-refractivity contribution < 1.29 is 14.0 Å². The predicted octanol–water partition coefficient (Wildman–Crippen LogP) is 2.00. The summed E-state index contributed by atoms with van der Waals surface area (Å²) in [5.41, 5.74) is 0.248. The molecule has 0 spiro atoms. The average Bonchev–Trinajstić information content (AvgIpc) is 2.59. The Morgan fingerprint density at radius 3 is 2.39 bits per heavy atom. The molecule has 3 nitrogen and oxygen atoms in total. The molecule has 0 aromatic heterocycles. The van der Waals surface area contributed by atoms with Gasteiger partial charge in [0.25, 0.3) is 0 Å². The molecule has 1 aromatic rings. The van der Waals surface area contributed by atoms with E-state index in [4.69, 9.17) is 14.0 Å². The Morgan fingerprint density at radius 1 is 1.11 bits per heavy atom. The molecule has 0 radical (unpaired) electrons. The van der Waals surface area contributed by atoms with E-state index in [1.165, 1.54) is 0 Å². The van der Waals surface area contributed by atoms with Crippen molar-refractivity contribution in [1.82, 2.24) is 0 Å². The largest absolute Gasteiger partial charge is 0.494 e. The molecule has 0 saturated carbocycles. The van der Waals surface area contributed by atoms with Gasteiger partial charge in [-0.15, -0.1) is 0 Å². The smallest absolute Gasteiger partial charge is 0.399 e. The van der Waals surface area contributed by atoms with Crippen LogP contribution in [0.2, 0.25) is 0 Å². The van der Waals surface area contributed by atoms with E-state index in [0.717, 1.165) is 5.46 Å². The highest BCUT2D eigenvalue weighted by Crippen LogP contribution is 2.37. The third-order valence-electron chi connectivity index (χ3n) is 3.70. The second kappa shape index (κ2) is 5.04. The normalized spacial score (nSPS) is 26.6. The number of hydrogen-bond donors (Lipinski definition) is 0. The first-order valence-electron chi connectivity index (χ1n) is 6.47. The Hall–Kier alpha value is -0.835. The molecule has 98 valence electrons. The molecule has 2 rings (SSSR count). The summed E-state index contributed by atoms with van der Waals surface area (Å²) in [5.74, 6) is 0. The first-order valence-corrected chi connectivity index (χ1v) is 6.47. The molecular weight excluding hydrogens is 227 g/mol. The second-order valence-corrected chi connectivity index (χ2v) is 5.36. The summed E-state index contributed by atoms with van der Waals surface area (Å²) in [5, 5.41) is 0. The van der Waals surface area contributed by atoms with Crippen molar-refractivity contribution in [3.63, 3.8) is 0 Å². The van der Waals surface area contributed by atoms with Gasteiger partial charge >= 0.3 is 7.12 Å². The fourth-order valence-electron chi connectivity index (χ4n) is 2.05. The van der Waals surface area contributed by atoms with Gasteiger partial charge in [-0.2, -0.15) is 0 Å². The zero-order chi connectivity index (χ0) is 13.2. The number of hydrogen-bond acceptors (Lipinski definition) is 3. The lowest BCUT2D eigenvalue weighted by Crippen LogP contribution is -2.48. The zero-order valence-electron chi connectivity index (χ0n) is 11.6. The summed E-state index contributed by atoms with van der Waals surface area (Å²) in [7, 11) is -0.313. The molecule has 1 saturated heterocycles. The molecule has 0 N–H and O–H groups in total. The van der Waals surface area contributed by atoms with Crippen LogP contribution in [0.25, 0.3) is 0 Å². The molecule has 1 heterocycles. The minimum absolute atomic E-state index is 0.313. The molecule has 1 fully saturated rings. The van der Waals surface area contributed by atoms with Crippen LogP contribution in [0.4, 0.5) is 0 Å². The number of benzene rings is 1. The number of ether oxygens (including phenoxy) is 1. The van der Waals surface area contributed by atoms with E-state index in [0.29, 0.717) is 13.2 Å². The Bertz CT molecular complexity index is 393. The van der Waals surface area contributed by atoms with Crippen molar-refractivity contribution >= 4 is 12.6 Å². The fraction of sp³-hybridized carbons (Fsp3) is 0.571. The Balaban J connectivity index is 2.16. The van der Waals surface area contributed by atoms with Gasteiger partial charge in [-0.3, -0.25) is 0 Å². The van der Waals surface area contributed by atoms with Crippen LogP contribution in [-0.2, 0) is 14.0 Å². The molecule has 0 aliphatic carbocycles.